The Balaban J connectivity index is 1.45. The maximum Gasteiger partial charge on any atom is 0.407 e. The molecule has 9 heteroatoms. The smallest absolute Gasteiger partial charge is 0.407 e. The number of amides is 1. The zero-order chi connectivity index (χ0) is 22.2. The van der Waals surface area contributed by atoms with E-state index < -0.39 is 11.7 Å². The third-order valence-corrected chi connectivity index (χ3v) is 5.03. The Bertz CT molecular complexity index is 1160. The van der Waals surface area contributed by atoms with Crippen LogP contribution in [-0.2, 0) is 4.74 Å². The number of fused-ring (bicyclic) bond motifs is 1. The summed E-state index contributed by atoms with van der Waals surface area (Å²) in [5.41, 5.74) is 1.74. The number of nitrogens with zero attached hydrogens (tertiary/aromatic N) is 5. The topological polar surface area (TPSA) is 116 Å². The SMILES string of the molecule is CC(C)(C)OC(=O)NC1CCN(c2ccc(-c3cc(O)c4c(C#N)cnn4c3)cn2)C1. The third-order valence-electron chi connectivity index (χ3n) is 5.03. The summed E-state index contributed by atoms with van der Waals surface area (Å²) in [5.74, 6) is 0.805. The minimum Gasteiger partial charge on any atom is -0.506 e. The number of aromatic nitrogens is 3. The molecular weight excluding hydrogens is 396 g/mol. The lowest BCUT2D eigenvalue weighted by Crippen LogP contribution is -2.40. The molecule has 4 heterocycles. The average molecular weight is 420 g/mol. The van der Waals surface area contributed by atoms with Crippen LogP contribution >= 0.6 is 0 Å². The number of ether oxygens (including phenoxy) is 1. The van der Waals surface area contributed by atoms with Crippen molar-refractivity contribution in [1.29, 1.82) is 5.26 Å². The van der Waals surface area contributed by atoms with E-state index in [2.05, 4.69) is 20.3 Å². The van der Waals surface area contributed by atoms with Crippen LogP contribution in [-0.4, -0.2) is 50.5 Å². The molecular formula is C22H24N6O3. The van der Waals surface area contributed by atoms with Crippen molar-refractivity contribution in [3.8, 4) is 22.9 Å². The Labute approximate surface area is 179 Å². The van der Waals surface area contributed by atoms with E-state index in [1.807, 2.05) is 39.0 Å². The largest absolute Gasteiger partial charge is 0.506 e. The number of pyridine rings is 2. The number of alkyl carbamates (subject to hydrolysis) is 1. The lowest BCUT2D eigenvalue weighted by atomic mass is 10.1. The molecule has 0 bridgehead atoms. The van der Waals surface area contributed by atoms with Gasteiger partial charge in [0.15, 0.2) is 0 Å². The molecule has 1 unspecified atom stereocenters. The highest BCUT2D eigenvalue weighted by Gasteiger charge is 2.27. The third kappa shape index (κ3) is 4.38. The molecule has 0 spiro atoms. The maximum atomic E-state index is 12.0. The molecule has 2 N–H and O–H groups in total. The van der Waals surface area contributed by atoms with Gasteiger partial charge in [0.05, 0.1) is 12.2 Å². The second kappa shape index (κ2) is 7.80. The molecule has 1 amide bonds. The van der Waals surface area contributed by atoms with Gasteiger partial charge in [0.25, 0.3) is 0 Å². The fourth-order valence-electron chi connectivity index (χ4n) is 3.64. The van der Waals surface area contributed by atoms with Crippen LogP contribution in [0, 0.1) is 11.3 Å². The monoisotopic (exact) mass is 420 g/mol. The number of hydrogen-bond acceptors (Lipinski definition) is 7. The molecule has 0 radical (unpaired) electrons. The maximum absolute atomic E-state index is 12.0. The summed E-state index contributed by atoms with van der Waals surface area (Å²) in [5, 5.41) is 26.5. The first-order chi connectivity index (χ1) is 14.7. The van der Waals surface area contributed by atoms with Crippen LogP contribution in [0.15, 0.2) is 36.8 Å². The normalized spacial score (nSPS) is 16.3. The summed E-state index contributed by atoms with van der Waals surface area (Å²) in [4.78, 5) is 18.7. The van der Waals surface area contributed by atoms with Gasteiger partial charge in [-0.2, -0.15) is 10.4 Å². The van der Waals surface area contributed by atoms with E-state index in [1.165, 1.54) is 10.7 Å². The molecule has 3 aromatic heterocycles. The van der Waals surface area contributed by atoms with Crippen LogP contribution in [0.25, 0.3) is 16.6 Å². The number of carbonyl (C=O) groups excluding carboxylic acids is 1. The van der Waals surface area contributed by atoms with Gasteiger partial charge in [-0.1, -0.05) is 0 Å². The number of nitriles is 1. The fourth-order valence-corrected chi connectivity index (χ4v) is 3.64. The molecule has 160 valence electrons. The van der Waals surface area contributed by atoms with Crippen molar-refractivity contribution in [2.75, 3.05) is 18.0 Å². The van der Waals surface area contributed by atoms with Crippen LogP contribution in [0.2, 0.25) is 0 Å². The zero-order valence-corrected chi connectivity index (χ0v) is 17.7. The van der Waals surface area contributed by atoms with Gasteiger partial charge in [-0.15, -0.1) is 0 Å². The number of nitrogens with one attached hydrogen (secondary N) is 1. The molecule has 1 fully saturated rings. The molecule has 4 rings (SSSR count). The first-order valence-corrected chi connectivity index (χ1v) is 10.0. The first kappa shape index (κ1) is 20.5. The molecule has 9 nitrogen and oxygen atoms in total. The highest BCUT2D eigenvalue weighted by Crippen LogP contribution is 2.29. The lowest BCUT2D eigenvalue weighted by molar-refractivity contribution is 0.0509. The second-order valence-electron chi connectivity index (χ2n) is 8.56. The highest BCUT2D eigenvalue weighted by molar-refractivity contribution is 5.75. The van der Waals surface area contributed by atoms with Crippen molar-refractivity contribution in [3.05, 3.63) is 42.4 Å². The summed E-state index contributed by atoms with van der Waals surface area (Å²) in [6.45, 7) is 6.95. The Morgan fingerprint density at radius 2 is 2.13 bits per heavy atom. The van der Waals surface area contributed by atoms with Gasteiger partial charge in [-0.25, -0.2) is 14.3 Å². The van der Waals surface area contributed by atoms with E-state index in [9.17, 15) is 9.90 Å². The van der Waals surface area contributed by atoms with Crippen LogP contribution in [0.1, 0.15) is 32.8 Å². The summed E-state index contributed by atoms with van der Waals surface area (Å²) in [6.07, 6.45) is 5.32. The van der Waals surface area contributed by atoms with Gasteiger partial charge >= 0.3 is 6.09 Å². The van der Waals surface area contributed by atoms with Crippen LogP contribution in [0.5, 0.6) is 5.75 Å². The molecule has 31 heavy (non-hydrogen) atoms. The Kier molecular flexibility index (Phi) is 5.15. The summed E-state index contributed by atoms with van der Waals surface area (Å²) >= 11 is 0. The van der Waals surface area contributed by atoms with Crippen LogP contribution in [0.4, 0.5) is 10.6 Å². The van der Waals surface area contributed by atoms with E-state index >= 15 is 0 Å². The van der Waals surface area contributed by atoms with E-state index in [1.54, 1.807) is 18.5 Å². The molecule has 0 aliphatic carbocycles. The molecule has 0 aromatic carbocycles. The summed E-state index contributed by atoms with van der Waals surface area (Å²) in [6, 6.07) is 7.46. The van der Waals surface area contributed by atoms with Gasteiger partial charge in [0, 0.05) is 36.6 Å². The lowest BCUT2D eigenvalue weighted by Gasteiger charge is -2.22. The van der Waals surface area contributed by atoms with E-state index in [0.29, 0.717) is 17.6 Å². The van der Waals surface area contributed by atoms with E-state index in [0.717, 1.165) is 29.9 Å². The Morgan fingerprint density at radius 3 is 2.81 bits per heavy atom. The highest BCUT2D eigenvalue weighted by atomic mass is 16.6. The predicted octanol–water partition coefficient (Wildman–Crippen LogP) is 3.08. The van der Waals surface area contributed by atoms with Crippen LogP contribution in [0.3, 0.4) is 0 Å². The van der Waals surface area contributed by atoms with Crippen molar-refractivity contribution in [2.45, 2.75) is 38.8 Å². The molecule has 1 aliphatic heterocycles. The van der Waals surface area contributed by atoms with Gasteiger partial charge in [0.1, 0.15) is 34.3 Å². The minimum atomic E-state index is -0.524. The van der Waals surface area contributed by atoms with Crippen LogP contribution < -0.4 is 10.2 Å². The van der Waals surface area contributed by atoms with Crippen molar-refractivity contribution in [1.82, 2.24) is 19.9 Å². The average Bonchev–Trinajstić information content (AvgIpc) is 3.33. The van der Waals surface area contributed by atoms with Gasteiger partial charge < -0.3 is 20.1 Å². The number of hydrogen-bond donors (Lipinski definition) is 2. The van der Waals surface area contributed by atoms with Crippen molar-refractivity contribution in [2.24, 2.45) is 0 Å². The molecule has 0 saturated carbocycles. The predicted molar refractivity (Wildman–Crippen MR) is 115 cm³/mol. The van der Waals surface area contributed by atoms with Gasteiger partial charge in [0.2, 0.25) is 0 Å². The summed E-state index contributed by atoms with van der Waals surface area (Å²) in [7, 11) is 0. The summed E-state index contributed by atoms with van der Waals surface area (Å²) < 4.78 is 6.82. The molecule has 1 atom stereocenters. The number of anilines is 1. The second-order valence-corrected chi connectivity index (χ2v) is 8.56. The van der Waals surface area contributed by atoms with E-state index in [4.69, 9.17) is 10.00 Å². The quantitative estimate of drug-likeness (QED) is 0.669. The van der Waals surface area contributed by atoms with Crippen molar-refractivity contribution >= 4 is 17.4 Å². The Morgan fingerprint density at radius 1 is 1.32 bits per heavy atom. The number of aromatic hydroxyl groups is 1. The zero-order valence-electron chi connectivity index (χ0n) is 17.7. The van der Waals surface area contributed by atoms with Gasteiger partial charge in [-0.05, 0) is 45.4 Å². The van der Waals surface area contributed by atoms with Gasteiger partial charge in [-0.3, -0.25) is 0 Å². The Hall–Kier alpha value is -3.80. The number of rotatable bonds is 3. The van der Waals surface area contributed by atoms with E-state index in [-0.39, 0.29) is 11.8 Å². The molecule has 1 aliphatic rings. The fraction of sp³-hybridized carbons (Fsp3) is 0.364. The van der Waals surface area contributed by atoms with Crippen molar-refractivity contribution < 1.29 is 14.6 Å². The number of carbonyl (C=O) groups is 1. The first-order valence-electron chi connectivity index (χ1n) is 10.0. The minimum absolute atomic E-state index is 0.00447. The molecule has 3 aromatic rings. The van der Waals surface area contributed by atoms with Crippen molar-refractivity contribution in [3.63, 3.8) is 0 Å². The molecule has 1 saturated heterocycles. The standard InChI is InChI=1S/C22H24N6O3/c1-22(2,3)31-21(30)26-17-6-7-27(13-17)19-5-4-14(10-24-19)15-8-18(29)20-16(9-23)11-25-28(20)12-15/h4-5,8,10-12,17,29H,6-7,13H2,1-3H3,(H,26,30).